The Balaban J connectivity index is 1.37. The van der Waals surface area contributed by atoms with Crippen molar-refractivity contribution in [3.63, 3.8) is 0 Å². The normalized spacial score (nSPS) is 31.5. The summed E-state index contributed by atoms with van der Waals surface area (Å²) in [6.45, 7) is 4.83. The Morgan fingerprint density at radius 2 is 1.52 bits per heavy atom. The molecule has 2 fully saturated rings. The van der Waals surface area contributed by atoms with Gasteiger partial charge in [-0.05, 0) is 51.0 Å². The molecule has 3 aromatic rings. The molecule has 46 heavy (non-hydrogen) atoms. The lowest BCUT2D eigenvalue weighted by Crippen LogP contribution is -2.61. The Hall–Kier alpha value is -3.57. The molecule has 0 radical (unpaired) electrons. The summed E-state index contributed by atoms with van der Waals surface area (Å²) in [6.07, 6.45) is -12.6. The summed E-state index contributed by atoms with van der Waals surface area (Å²) >= 11 is 0. The largest absolute Gasteiger partial charge is 0.508 e. The molecule has 10 atom stereocenters. The number of aromatic hydroxyl groups is 2. The number of aliphatic hydroxyl groups excluding tert-OH is 6. The van der Waals surface area contributed by atoms with Gasteiger partial charge in [-0.25, -0.2) is 0 Å². The first-order valence-electron chi connectivity index (χ1n) is 14.7. The predicted molar refractivity (Wildman–Crippen MR) is 160 cm³/mol. The van der Waals surface area contributed by atoms with Gasteiger partial charge in [-0.1, -0.05) is 11.6 Å². The molecule has 14 nitrogen and oxygen atoms in total. The molecular weight excluding hydrogens is 608 g/mol. The van der Waals surface area contributed by atoms with Gasteiger partial charge in [0.1, 0.15) is 76.7 Å². The van der Waals surface area contributed by atoms with Crippen molar-refractivity contribution >= 4 is 11.0 Å². The van der Waals surface area contributed by atoms with Crippen molar-refractivity contribution in [2.45, 2.75) is 88.6 Å². The zero-order valence-corrected chi connectivity index (χ0v) is 25.3. The van der Waals surface area contributed by atoms with E-state index in [0.29, 0.717) is 17.5 Å². The van der Waals surface area contributed by atoms with E-state index in [-0.39, 0.29) is 28.2 Å². The average Bonchev–Trinajstić information content (AvgIpc) is 3.01. The van der Waals surface area contributed by atoms with Gasteiger partial charge in [0.2, 0.25) is 6.29 Å². The second kappa shape index (κ2) is 13.7. The highest BCUT2D eigenvalue weighted by Gasteiger charge is 2.47. The molecule has 0 aliphatic carbocycles. The predicted octanol–water partition coefficient (Wildman–Crippen LogP) is 0.410. The van der Waals surface area contributed by atoms with Crippen LogP contribution < -0.4 is 10.2 Å². The third kappa shape index (κ3) is 6.90. The van der Waals surface area contributed by atoms with Crippen LogP contribution in [0.25, 0.3) is 22.3 Å². The molecule has 2 aliphatic rings. The Kier molecular flexibility index (Phi) is 10.0. The van der Waals surface area contributed by atoms with Crippen LogP contribution >= 0.6 is 0 Å². The summed E-state index contributed by atoms with van der Waals surface area (Å²) in [6, 6.07) is 8.33. The number of hydrogen-bond donors (Lipinski definition) is 8. The van der Waals surface area contributed by atoms with E-state index in [0.717, 1.165) is 11.6 Å². The van der Waals surface area contributed by atoms with Crippen LogP contribution in [0.5, 0.6) is 17.2 Å². The number of aliphatic hydroxyl groups is 6. The standard InChI is InChI=1S/C32H38O14/c1-13(2)4-5-15-8-16(6-7-18(15)33)21-11-20(35)24-19(34)9-17(10-22(24)45-21)44-32-30(41)28(39)26(37)23(46-32)12-42-31-29(40)27(38)25(36)14(3)43-31/h4,6-11,14,23,25-34,36-41H,5,12H2,1-3H3. The highest BCUT2D eigenvalue weighted by molar-refractivity contribution is 5.86. The SMILES string of the molecule is CC(C)=CCc1cc(-c2cc(=O)c3c(O)cc(OC4OC(COC5OC(C)C(O)C(O)C5O)C(O)C(O)C4O)cc3o2)ccc1O. The van der Waals surface area contributed by atoms with Gasteiger partial charge in [-0.15, -0.1) is 0 Å². The smallest absolute Gasteiger partial charge is 0.229 e. The number of fused-ring (bicyclic) bond motifs is 1. The molecule has 250 valence electrons. The van der Waals surface area contributed by atoms with Crippen LogP contribution in [0.1, 0.15) is 26.3 Å². The average molecular weight is 647 g/mol. The molecule has 2 aliphatic heterocycles. The van der Waals surface area contributed by atoms with E-state index in [4.69, 9.17) is 23.4 Å². The van der Waals surface area contributed by atoms with Crippen molar-refractivity contribution in [3.05, 3.63) is 63.8 Å². The van der Waals surface area contributed by atoms with Crippen molar-refractivity contribution in [1.82, 2.24) is 0 Å². The summed E-state index contributed by atoms with van der Waals surface area (Å²) in [7, 11) is 0. The Morgan fingerprint density at radius 1 is 0.826 bits per heavy atom. The second-order valence-corrected chi connectivity index (χ2v) is 11.8. The number of benzene rings is 2. The van der Waals surface area contributed by atoms with Crippen LogP contribution in [0.15, 0.2) is 57.3 Å². The number of ether oxygens (including phenoxy) is 4. The molecule has 1 aromatic heterocycles. The molecule has 0 spiro atoms. The molecule has 0 saturated carbocycles. The summed E-state index contributed by atoms with van der Waals surface area (Å²) in [4.78, 5) is 13.0. The topological polar surface area (TPSA) is 229 Å². The molecule has 14 heteroatoms. The zero-order chi connectivity index (χ0) is 33.4. The zero-order valence-electron chi connectivity index (χ0n) is 25.3. The van der Waals surface area contributed by atoms with Gasteiger partial charge in [-0.2, -0.15) is 0 Å². The quantitative estimate of drug-likeness (QED) is 0.155. The minimum absolute atomic E-state index is 0.0690. The van der Waals surface area contributed by atoms with Crippen molar-refractivity contribution in [3.8, 4) is 28.6 Å². The molecule has 0 bridgehead atoms. The van der Waals surface area contributed by atoms with Crippen LogP contribution in [0.2, 0.25) is 0 Å². The van der Waals surface area contributed by atoms with Crippen LogP contribution in [0, 0.1) is 0 Å². The molecule has 2 aromatic carbocycles. The molecule has 3 heterocycles. The molecule has 10 unspecified atom stereocenters. The lowest BCUT2D eigenvalue weighted by atomic mass is 9.98. The minimum atomic E-state index is -1.77. The van der Waals surface area contributed by atoms with E-state index in [1.165, 1.54) is 25.1 Å². The first-order valence-corrected chi connectivity index (χ1v) is 14.7. The van der Waals surface area contributed by atoms with Gasteiger partial charge in [0, 0.05) is 23.8 Å². The van der Waals surface area contributed by atoms with Gasteiger partial charge in [0.25, 0.3) is 0 Å². The van der Waals surface area contributed by atoms with E-state index >= 15 is 0 Å². The monoisotopic (exact) mass is 646 g/mol. The molecule has 8 N–H and O–H groups in total. The van der Waals surface area contributed by atoms with E-state index < -0.39 is 79.2 Å². The maximum absolute atomic E-state index is 13.0. The second-order valence-electron chi connectivity index (χ2n) is 11.8. The van der Waals surface area contributed by atoms with Crippen molar-refractivity contribution in [2.24, 2.45) is 0 Å². The fourth-order valence-corrected chi connectivity index (χ4v) is 5.30. The van der Waals surface area contributed by atoms with Crippen LogP contribution in [-0.4, -0.2) is 109 Å². The fourth-order valence-electron chi connectivity index (χ4n) is 5.30. The van der Waals surface area contributed by atoms with Crippen LogP contribution in [-0.2, 0) is 20.6 Å². The number of phenolic OH excluding ortho intramolecular Hbond substituents is 2. The lowest BCUT2D eigenvalue weighted by molar-refractivity contribution is -0.318. The van der Waals surface area contributed by atoms with Gasteiger partial charge in [0.15, 0.2) is 11.7 Å². The van der Waals surface area contributed by atoms with E-state index in [1.54, 1.807) is 12.1 Å². The fraction of sp³-hybridized carbons (Fsp3) is 0.469. The molecule has 2 saturated heterocycles. The van der Waals surface area contributed by atoms with E-state index in [9.17, 15) is 45.6 Å². The Labute approximate surface area is 262 Å². The summed E-state index contributed by atoms with van der Waals surface area (Å²) in [5.74, 6) is -0.388. The first kappa shape index (κ1) is 33.8. The highest BCUT2D eigenvalue weighted by Crippen LogP contribution is 2.34. The first-order chi connectivity index (χ1) is 21.7. The minimum Gasteiger partial charge on any atom is -0.508 e. The molecular formula is C32H38O14. The third-order valence-electron chi connectivity index (χ3n) is 8.03. The summed E-state index contributed by atoms with van der Waals surface area (Å²) in [5, 5.41) is 82.6. The maximum Gasteiger partial charge on any atom is 0.229 e. The van der Waals surface area contributed by atoms with Gasteiger partial charge in [-0.3, -0.25) is 4.79 Å². The molecule has 5 rings (SSSR count). The van der Waals surface area contributed by atoms with Crippen LogP contribution in [0.3, 0.4) is 0 Å². The number of hydrogen-bond acceptors (Lipinski definition) is 14. The van der Waals surface area contributed by atoms with Gasteiger partial charge >= 0.3 is 0 Å². The van der Waals surface area contributed by atoms with Crippen molar-refractivity contribution < 1.29 is 64.2 Å². The summed E-state index contributed by atoms with van der Waals surface area (Å²) in [5.41, 5.74) is 1.54. The third-order valence-corrected chi connectivity index (χ3v) is 8.03. The van der Waals surface area contributed by atoms with Crippen molar-refractivity contribution in [1.29, 1.82) is 0 Å². The van der Waals surface area contributed by atoms with E-state index in [2.05, 4.69) is 0 Å². The van der Waals surface area contributed by atoms with Gasteiger partial charge in [0.05, 0.1) is 12.7 Å². The van der Waals surface area contributed by atoms with Gasteiger partial charge < -0.3 is 64.2 Å². The summed E-state index contributed by atoms with van der Waals surface area (Å²) < 4.78 is 28.2. The number of phenols is 2. The maximum atomic E-state index is 13.0. The van der Waals surface area contributed by atoms with E-state index in [1.807, 2.05) is 19.9 Å². The number of rotatable bonds is 8. The number of allylic oxidation sites excluding steroid dienone is 2. The molecule has 0 amide bonds. The van der Waals surface area contributed by atoms with Crippen molar-refractivity contribution in [2.75, 3.05) is 6.61 Å². The van der Waals surface area contributed by atoms with Crippen LogP contribution in [0.4, 0.5) is 0 Å². The Morgan fingerprint density at radius 3 is 2.24 bits per heavy atom. The highest BCUT2D eigenvalue weighted by atomic mass is 16.7. The Bertz CT molecular complexity index is 1630. The lowest BCUT2D eigenvalue weighted by Gasteiger charge is -2.42.